The molecular weight excluding hydrogens is 426 g/mol. The third kappa shape index (κ3) is 4.06. The van der Waals surface area contributed by atoms with Crippen LogP contribution in [0.2, 0.25) is 0 Å². The number of nitrogens with zero attached hydrogens (tertiary/aromatic N) is 5. The van der Waals surface area contributed by atoms with Gasteiger partial charge in [-0.15, -0.1) is 22.0 Å². The Morgan fingerprint density at radius 3 is 2.81 bits per heavy atom. The number of rotatable bonds is 3. The van der Waals surface area contributed by atoms with E-state index in [9.17, 15) is 4.79 Å². The van der Waals surface area contributed by atoms with Crippen molar-refractivity contribution in [1.82, 2.24) is 20.2 Å². The van der Waals surface area contributed by atoms with E-state index in [4.69, 9.17) is 0 Å². The summed E-state index contributed by atoms with van der Waals surface area (Å²) in [7, 11) is 0. The second-order valence-corrected chi connectivity index (χ2v) is 8.78. The van der Waals surface area contributed by atoms with Gasteiger partial charge in [0.25, 0.3) is 5.91 Å². The van der Waals surface area contributed by atoms with Crippen LogP contribution in [-0.4, -0.2) is 37.9 Å². The predicted octanol–water partition coefficient (Wildman–Crippen LogP) is 4.02. The smallest absolute Gasteiger partial charge is 0.250 e. The number of benzene rings is 2. The summed E-state index contributed by atoms with van der Waals surface area (Å²) in [5, 5.41) is 13.0. The average Bonchev–Trinajstić information content (AvgIpc) is 3.04. The van der Waals surface area contributed by atoms with E-state index in [1.54, 1.807) is 0 Å². The Morgan fingerprint density at radius 2 is 2.00 bits per heavy atom. The maximum Gasteiger partial charge on any atom is 0.250 e. The lowest BCUT2D eigenvalue weighted by atomic mass is 10.2. The molecule has 4 rings (SSSR count). The number of hydrogen-bond donors (Lipinski definition) is 0. The predicted molar refractivity (Wildman–Crippen MR) is 110 cm³/mol. The second-order valence-electron chi connectivity index (χ2n) is 6.38. The number of carbonyl (C=O) groups is 1. The zero-order valence-corrected chi connectivity index (χ0v) is 17.2. The van der Waals surface area contributed by atoms with Crippen LogP contribution in [0.3, 0.4) is 0 Å². The fourth-order valence-electron chi connectivity index (χ4n) is 2.98. The zero-order chi connectivity index (χ0) is 18.8. The van der Waals surface area contributed by atoms with Crippen molar-refractivity contribution in [3.8, 4) is 11.4 Å². The molecule has 27 heavy (non-hydrogen) atoms. The van der Waals surface area contributed by atoms with Crippen molar-refractivity contribution in [1.29, 1.82) is 0 Å². The molecular formula is C19H18BrN5OS. The van der Waals surface area contributed by atoms with Crippen LogP contribution in [-0.2, 0) is 11.3 Å². The molecule has 6 nitrogen and oxygen atoms in total. The van der Waals surface area contributed by atoms with Crippen molar-refractivity contribution in [2.24, 2.45) is 0 Å². The van der Waals surface area contributed by atoms with Gasteiger partial charge in [0.1, 0.15) is 6.54 Å². The fraction of sp³-hybridized carbons (Fsp3) is 0.263. The van der Waals surface area contributed by atoms with Crippen molar-refractivity contribution < 1.29 is 4.79 Å². The molecule has 1 unspecified atom stereocenters. The van der Waals surface area contributed by atoms with Crippen molar-refractivity contribution >= 4 is 39.3 Å². The summed E-state index contributed by atoms with van der Waals surface area (Å²) >= 11 is 5.22. The average molecular weight is 444 g/mol. The molecule has 0 N–H and O–H groups in total. The first-order valence-electron chi connectivity index (χ1n) is 8.70. The van der Waals surface area contributed by atoms with Gasteiger partial charge in [-0.2, -0.15) is 4.80 Å². The standard InChI is InChI=1S/C19H18BrN5OS/c1-13-10-11-24(16-4-2-3-5-17(16)27-13)18(26)12-25-22-19(21-23-25)14-6-8-15(20)9-7-14/h2-9,13H,10-12H2,1H3. The molecule has 1 aromatic heterocycles. The monoisotopic (exact) mass is 443 g/mol. The van der Waals surface area contributed by atoms with E-state index in [0.717, 1.165) is 27.0 Å². The van der Waals surface area contributed by atoms with Gasteiger partial charge in [0.05, 0.1) is 5.69 Å². The zero-order valence-electron chi connectivity index (χ0n) is 14.7. The topological polar surface area (TPSA) is 63.9 Å². The summed E-state index contributed by atoms with van der Waals surface area (Å²) in [5.41, 5.74) is 1.83. The van der Waals surface area contributed by atoms with Crippen LogP contribution < -0.4 is 4.90 Å². The molecule has 0 saturated carbocycles. The molecule has 1 atom stereocenters. The highest BCUT2D eigenvalue weighted by molar-refractivity contribution is 9.10. The number of aromatic nitrogens is 4. The minimum Gasteiger partial charge on any atom is -0.310 e. The van der Waals surface area contributed by atoms with Gasteiger partial charge in [-0.1, -0.05) is 35.0 Å². The van der Waals surface area contributed by atoms with Crippen molar-refractivity contribution in [3.63, 3.8) is 0 Å². The lowest BCUT2D eigenvalue weighted by molar-refractivity contribution is -0.119. The Bertz CT molecular complexity index is 959. The first-order chi connectivity index (χ1) is 13.1. The fourth-order valence-corrected chi connectivity index (χ4v) is 4.35. The Morgan fingerprint density at radius 1 is 1.22 bits per heavy atom. The van der Waals surface area contributed by atoms with Gasteiger partial charge in [-0.3, -0.25) is 4.79 Å². The molecule has 138 valence electrons. The highest BCUT2D eigenvalue weighted by Crippen LogP contribution is 2.37. The highest BCUT2D eigenvalue weighted by atomic mass is 79.9. The molecule has 0 radical (unpaired) electrons. The van der Waals surface area contributed by atoms with Crippen molar-refractivity contribution in [2.75, 3.05) is 11.4 Å². The van der Waals surface area contributed by atoms with E-state index < -0.39 is 0 Å². The SMILES string of the molecule is CC1CCN(C(=O)Cn2nnc(-c3ccc(Br)cc3)n2)c2ccccc2S1. The van der Waals surface area contributed by atoms with Crippen LogP contribution in [0.5, 0.6) is 0 Å². The molecule has 2 heterocycles. The summed E-state index contributed by atoms with van der Waals surface area (Å²) in [5.74, 6) is 0.479. The first-order valence-corrected chi connectivity index (χ1v) is 10.4. The lowest BCUT2D eigenvalue weighted by Gasteiger charge is -2.22. The third-order valence-electron chi connectivity index (χ3n) is 4.38. The largest absolute Gasteiger partial charge is 0.310 e. The van der Waals surface area contributed by atoms with E-state index in [1.165, 1.54) is 4.80 Å². The van der Waals surface area contributed by atoms with Crippen LogP contribution in [0.15, 0.2) is 57.9 Å². The number of amides is 1. The minimum atomic E-state index is -0.0306. The molecule has 2 aromatic carbocycles. The van der Waals surface area contributed by atoms with Crippen LogP contribution in [0.1, 0.15) is 13.3 Å². The molecule has 1 aliphatic heterocycles. The van der Waals surface area contributed by atoms with Crippen molar-refractivity contribution in [2.45, 2.75) is 30.0 Å². The van der Waals surface area contributed by atoms with E-state index >= 15 is 0 Å². The molecule has 0 bridgehead atoms. The summed E-state index contributed by atoms with van der Waals surface area (Å²) in [6, 6.07) is 15.7. The van der Waals surface area contributed by atoms with Crippen LogP contribution in [0.25, 0.3) is 11.4 Å². The molecule has 0 saturated heterocycles. The van der Waals surface area contributed by atoms with Gasteiger partial charge in [-0.25, -0.2) is 0 Å². The van der Waals surface area contributed by atoms with Crippen molar-refractivity contribution in [3.05, 3.63) is 53.0 Å². The number of tetrazole rings is 1. The molecule has 0 fully saturated rings. The van der Waals surface area contributed by atoms with Gasteiger partial charge in [0, 0.05) is 26.7 Å². The third-order valence-corrected chi connectivity index (χ3v) is 6.14. The minimum absolute atomic E-state index is 0.0306. The van der Waals surface area contributed by atoms with Gasteiger partial charge < -0.3 is 4.90 Å². The summed E-state index contributed by atoms with van der Waals surface area (Å²) in [4.78, 5) is 17.3. The number of anilines is 1. The first kappa shape index (κ1) is 18.2. The van der Waals surface area contributed by atoms with Gasteiger partial charge in [0.15, 0.2) is 0 Å². The number of carbonyl (C=O) groups excluding carboxylic acids is 1. The molecule has 1 amide bonds. The highest BCUT2D eigenvalue weighted by Gasteiger charge is 2.24. The Hall–Kier alpha value is -2.19. The maximum absolute atomic E-state index is 13.0. The molecule has 3 aromatic rings. The number of para-hydroxylation sites is 1. The van der Waals surface area contributed by atoms with Gasteiger partial charge >= 0.3 is 0 Å². The van der Waals surface area contributed by atoms with Gasteiger partial charge in [-0.05, 0) is 48.0 Å². The number of halogens is 1. The molecule has 0 spiro atoms. The number of thioether (sulfide) groups is 1. The van der Waals surface area contributed by atoms with E-state index in [2.05, 4.69) is 44.3 Å². The second kappa shape index (κ2) is 7.82. The van der Waals surface area contributed by atoms with Crippen LogP contribution in [0, 0.1) is 0 Å². The maximum atomic E-state index is 13.0. The number of hydrogen-bond acceptors (Lipinski definition) is 5. The molecule has 0 aliphatic carbocycles. The summed E-state index contributed by atoms with van der Waals surface area (Å²) in [6.45, 7) is 2.95. The molecule has 1 aliphatic rings. The van der Waals surface area contributed by atoms with E-state index in [-0.39, 0.29) is 12.5 Å². The lowest BCUT2D eigenvalue weighted by Crippen LogP contribution is -2.35. The summed E-state index contributed by atoms with van der Waals surface area (Å²) < 4.78 is 0.987. The Labute approximate surface area is 170 Å². The Kier molecular flexibility index (Phi) is 5.27. The Balaban J connectivity index is 1.53. The number of fused-ring (bicyclic) bond motifs is 1. The quantitative estimate of drug-likeness (QED) is 0.611. The molecule has 8 heteroatoms. The normalized spacial score (nSPS) is 16.7. The summed E-state index contributed by atoms with van der Waals surface area (Å²) in [6.07, 6.45) is 0.944. The van der Waals surface area contributed by atoms with E-state index in [0.29, 0.717) is 17.6 Å². The van der Waals surface area contributed by atoms with Crippen LogP contribution in [0.4, 0.5) is 5.69 Å². The van der Waals surface area contributed by atoms with E-state index in [1.807, 2.05) is 59.1 Å². The van der Waals surface area contributed by atoms with Gasteiger partial charge in [0.2, 0.25) is 5.82 Å². The van der Waals surface area contributed by atoms with Crippen LogP contribution >= 0.6 is 27.7 Å².